The third-order valence-electron chi connectivity index (χ3n) is 3.56. The molecule has 0 amide bonds. The first-order valence-electron chi connectivity index (χ1n) is 6.75. The van der Waals surface area contributed by atoms with Crippen LogP contribution in [0.5, 0.6) is 0 Å². The van der Waals surface area contributed by atoms with Gasteiger partial charge in [0, 0.05) is 23.2 Å². The van der Waals surface area contributed by atoms with Gasteiger partial charge in [-0.05, 0) is 30.7 Å². The van der Waals surface area contributed by atoms with Crippen molar-refractivity contribution in [2.75, 3.05) is 11.1 Å². The highest BCUT2D eigenvalue weighted by Crippen LogP contribution is 2.28. The van der Waals surface area contributed by atoms with Gasteiger partial charge in [-0.3, -0.25) is 0 Å². The predicted molar refractivity (Wildman–Crippen MR) is 87.6 cm³/mol. The van der Waals surface area contributed by atoms with Crippen LogP contribution < -0.4 is 11.1 Å². The third-order valence-corrected chi connectivity index (χ3v) is 3.56. The second-order valence-electron chi connectivity index (χ2n) is 4.99. The quantitative estimate of drug-likeness (QED) is 0.370. The molecule has 0 aliphatic rings. The zero-order chi connectivity index (χ0) is 16.6. The first kappa shape index (κ1) is 14.5. The number of nitrogens with two attached hydrogens (primary N) is 1. The molecular formula is C15H14N6O2. The van der Waals surface area contributed by atoms with Crippen molar-refractivity contribution in [3.05, 3.63) is 41.3 Å². The van der Waals surface area contributed by atoms with Crippen molar-refractivity contribution in [3.8, 4) is 0 Å². The molecule has 3 aromatic rings. The predicted octanol–water partition coefficient (Wildman–Crippen LogP) is 2.29. The van der Waals surface area contributed by atoms with Crippen LogP contribution >= 0.6 is 0 Å². The smallest absolute Gasteiger partial charge is 0.352 e. The number of nitrogens with one attached hydrogen (secondary N) is 3. The highest BCUT2D eigenvalue weighted by Gasteiger charge is 2.18. The molecular weight excluding hydrogens is 296 g/mol. The highest BCUT2D eigenvalue weighted by atomic mass is 16.4. The Bertz CT molecular complexity index is 931. The van der Waals surface area contributed by atoms with Gasteiger partial charge in [-0.1, -0.05) is 0 Å². The van der Waals surface area contributed by atoms with Crippen molar-refractivity contribution in [3.63, 3.8) is 0 Å². The molecule has 0 atom stereocenters. The standard InChI is InChI=1S/C15H14N6O2/c1-7-11-13(18-6-19-14(11)21-12(7)15(22)23)20-9-2-3-10(17)8(4-9)5-16/h2-6,16H,17H2,1H3,(H,22,23)(H2,18,19,20,21). The number of rotatable bonds is 4. The number of carbonyl (C=O) groups is 1. The molecule has 0 unspecified atom stereocenters. The van der Waals surface area contributed by atoms with Gasteiger partial charge in [0.25, 0.3) is 0 Å². The maximum absolute atomic E-state index is 11.2. The number of carboxylic acids is 1. The van der Waals surface area contributed by atoms with Gasteiger partial charge in [0.2, 0.25) is 0 Å². The van der Waals surface area contributed by atoms with Gasteiger partial charge >= 0.3 is 5.97 Å². The lowest BCUT2D eigenvalue weighted by atomic mass is 10.1. The van der Waals surface area contributed by atoms with Crippen LogP contribution in [0.4, 0.5) is 17.2 Å². The number of H-pyrrole nitrogens is 1. The Balaban J connectivity index is 2.10. The number of aromatic nitrogens is 3. The van der Waals surface area contributed by atoms with Crippen LogP contribution in [0.1, 0.15) is 21.6 Å². The lowest BCUT2D eigenvalue weighted by Crippen LogP contribution is -1.99. The van der Waals surface area contributed by atoms with Crippen LogP contribution in [0.15, 0.2) is 24.5 Å². The first-order valence-corrected chi connectivity index (χ1v) is 6.75. The summed E-state index contributed by atoms with van der Waals surface area (Å²) in [6.07, 6.45) is 2.52. The van der Waals surface area contributed by atoms with E-state index in [1.54, 1.807) is 25.1 Å². The lowest BCUT2D eigenvalue weighted by Gasteiger charge is -2.09. The maximum Gasteiger partial charge on any atom is 0.352 e. The summed E-state index contributed by atoms with van der Waals surface area (Å²) in [5.41, 5.74) is 8.63. The lowest BCUT2D eigenvalue weighted by molar-refractivity contribution is 0.0690. The van der Waals surface area contributed by atoms with Gasteiger partial charge in [0.15, 0.2) is 0 Å². The molecule has 2 heterocycles. The summed E-state index contributed by atoms with van der Waals surface area (Å²) < 4.78 is 0. The number of benzene rings is 1. The number of hydrogen-bond donors (Lipinski definition) is 5. The van der Waals surface area contributed by atoms with Crippen molar-refractivity contribution >= 4 is 40.4 Å². The average molecular weight is 310 g/mol. The summed E-state index contributed by atoms with van der Waals surface area (Å²) in [5, 5.41) is 20.3. The topological polar surface area (TPSA) is 141 Å². The molecule has 6 N–H and O–H groups in total. The summed E-state index contributed by atoms with van der Waals surface area (Å²) in [4.78, 5) is 22.3. The third kappa shape index (κ3) is 2.46. The van der Waals surface area contributed by atoms with Gasteiger partial charge in [0.05, 0.1) is 5.39 Å². The van der Waals surface area contributed by atoms with Gasteiger partial charge in [0.1, 0.15) is 23.5 Å². The van der Waals surface area contributed by atoms with Gasteiger partial charge in [-0.15, -0.1) is 0 Å². The number of carboxylic acid groups (broad SMARTS) is 1. The van der Waals surface area contributed by atoms with E-state index in [4.69, 9.17) is 11.1 Å². The van der Waals surface area contributed by atoms with E-state index < -0.39 is 5.97 Å². The van der Waals surface area contributed by atoms with Crippen LogP contribution in [0.3, 0.4) is 0 Å². The van der Waals surface area contributed by atoms with E-state index in [-0.39, 0.29) is 5.69 Å². The fourth-order valence-corrected chi connectivity index (χ4v) is 2.40. The molecule has 2 aromatic heterocycles. The number of aromatic carboxylic acids is 1. The fourth-order valence-electron chi connectivity index (χ4n) is 2.40. The van der Waals surface area contributed by atoms with E-state index in [0.717, 1.165) is 0 Å². The van der Waals surface area contributed by atoms with E-state index in [9.17, 15) is 9.90 Å². The summed E-state index contributed by atoms with van der Waals surface area (Å²) in [7, 11) is 0. The minimum Gasteiger partial charge on any atom is -0.477 e. The Labute approximate surface area is 130 Å². The molecule has 8 heteroatoms. The van der Waals surface area contributed by atoms with Crippen LogP contribution in [0.25, 0.3) is 11.0 Å². The van der Waals surface area contributed by atoms with Crippen LogP contribution in [0.2, 0.25) is 0 Å². The summed E-state index contributed by atoms with van der Waals surface area (Å²) >= 11 is 0. The zero-order valence-corrected chi connectivity index (χ0v) is 12.2. The Morgan fingerprint density at radius 1 is 1.43 bits per heavy atom. The molecule has 23 heavy (non-hydrogen) atoms. The molecule has 116 valence electrons. The van der Waals surface area contributed by atoms with E-state index in [2.05, 4.69) is 20.3 Å². The number of aromatic amines is 1. The molecule has 8 nitrogen and oxygen atoms in total. The maximum atomic E-state index is 11.2. The molecule has 1 aromatic carbocycles. The van der Waals surface area contributed by atoms with Crippen LogP contribution in [-0.4, -0.2) is 32.2 Å². The van der Waals surface area contributed by atoms with Crippen molar-refractivity contribution < 1.29 is 9.90 Å². The molecule has 3 rings (SSSR count). The molecule has 0 aliphatic heterocycles. The molecule has 0 bridgehead atoms. The zero-order valence-electron chi connectivity index (χ0n) is 12.2. The Morgan fingerprint density at radius 3 is 2.91 bits per heavy atom. The number of hydrogen-bond acceptors (Lipinski definition) is 6. The molecule has 0 aliphatic carbocycles. The Morgan fingerprint density at radius 2 is 2.22 bits per heavy atom. The normalized spacial score (nSPS) is 10.7. The number of nitrogen functional groups attached to an aromatic ring is 1. The Hall–Kier alpha value is -3.42. The largest absolute Gasteiger partial charge is 0.477 e. The minimum absolute atomic E-state index is 0.0843. The van der Waals surface area contributed by atoms with E-state index in [1.165, 1.54) is 12.5 Å². The second-order valence-corrected chi connectivity index (χ2v) is 4.99. The molecule has 0 saturated carbocycles. The van der Waals surface area contributed by atoms with Crippen molar-refractivity contribution in [2.45, 2.75) is 6.92 Å². The number of anilines is 3. The summed E-state index contributed by atoms with van der Waals surface area (Å²) in [5.74, 6) is -0.568. The monoisotopic (exact) mass is 310 g/mol. The molecule has 0 spiro atoms. The summed E-state index contributed by atoms with van der Waals surface area (Å²) in [6, 6.07) is 5.17. The van der Waals surface area contributed by atoms with E-state index in [1.807, 2.05) is 0 Å². The van der Waals surface area contributed by atoms with Crippen LogP contribution in [-0.2, 0) is 0 Å². The average Bonchev–Trinajstić information content (AvgIpc) is 2.87. The molecule has 0 radical (unpaired) electrons. The van der Waals surface area contributed by atoms with Gasteiger partial charge in [-0.2, -0.15) is 0 Å². The van der Waals surface area contributed by atoms with E-state index >= 15 is 0 Å². The van der Waals surface area contributed by atoms with Gasteiger partial charge < -0.3 is 26.6 Å². The minimum atomic E-state index is -1.05. The molecule has 0 saturated heterocycles. The SMILES string of the molecule is Cc1c(C(=O)O)[nH]c2ncnc(Nc3ccc(N)c(C=N)c3)c12. The van der Waals surface area contributed by atoms with Gasteiger partial charge in [-0.25, -0.2) is 14.8 Å². The number of aryl methyl sites for hydroxylation is 1. The number of fused-ring (bicyclic) bond motifs is 1. The number of nitrogens with zero attached hydrogens (tertiary/aromatic N) is 2. The highest BCUT2D eigenvalue weighted by molar-refractivity contribution is 6.01. The Kier molecular flexibility index (Phi) is 3.41. The first-order chi connectivity index (χ1) is 11.0. The molecule has 0 fully saturated rings. The fraction of sp³-hybridized carbons (Fsp3) is 0.0667. The summed E-state index contributed by atoms with van der Waals surface area (Å²) in [6.45, 7) is 1.70. The van der Waals surface area contributed by atoms with Crippen molar-refractivity contribution in [2.24, 2.45) is 0 Å². The second kappa shape index (κ2) is 5.41. The van der Waals surface area contributed by atoms with E-state index in [0.29, 0.717) is 39.4 Å². The van der Waals surface area contributed by atoms with Crippen molar-refractivity contribution in [1.29, 1.82) is 5.41 Å². The van der Waals surface area contributed by atoms with Crippen molar-refractivity contribution in [1.82, 2.24) is 15.0 Å². The van der Waals surface area contributed by atoms with Crippen LogP contribution in [0, 0.1) is 12.3 Å².